The first-order chi connectivity index (χ1) is 14.0. The fourth-order valence-electron chi connectivity index (χ4n) is 3.66. The van der Waals surface area contributed by atoms with E-state index < -0.39 is 22.2 Å². The molecule has 2 aliphatic rings. The molecular weight excluding hydrogens is 563 g/mol. The van der Waals surface area contributed by atoms with Crippen molar-refractivity contribution < 1.29 is 58.4 Å². The molecule has 0 saturated heterocycles. The summed E-state index contributed by atoms with van der Waals surface area (Å²) >= 11 is 1.47. The second-order valence-corrected chi connectivity index (χ2v) is 22.9. The van der Waals surface area contributed by atoms with E-state index >= 15 is 0 Å². The summed E-state index contributed by atoms with van der Waals surface area (Å²) in [5.41, 5.74) is 3.22. The zero-order valence-corrected chi connectivity index (χ0v) is 27.8. The second-order valence-electron chi connectivity index (χ2n) is 12.0. The van der Waals surface area contributed by atoms with Crippen LogP contribution in [0.3, 0.4) is 0 Å². The topological polar surface area (TPSA) is 18.5 Å². The van der Waals surface area contributed by atoms with Crippen molar-refractivity contribution in [2.75, 3.05) is 0 Å². The van der Waals surface area contributed by atoms with Gasteiger partial charge < -0.3 is 24.8 Å². The fraction of sp³-hybridized carbons (Fsp3) is 0.538. The van der Waals surface area contributed by atoms with Crippen LogP contribution < -0.4 is 29.2 Å². The Hall–Kier alpha value is 0.0969. The van der Waals surface area contributed by atoms with Gasteiger partial charge in [0.2, 0.25) is 0 Å². The molecule has 0 bridgehead atoms. The molecule has 1 aromatic rings. The van der Waals surface area contributed by atoms with Gasteiger partial charge in [-0.15, -0.1) is 0 Å². The molecule has 0 saturated carbocycles. The van der Waals surface area contributed by atoms with E-state index in [0.717, 1.165) is 12.2 Å². The van der Waals surface area contributed by atoms with E-state index in [1.54, 1.807) is 0 Å². The summed E-state index contributed by atoms with van der Waals surface area (Å²) in [7, 11) is -4.08. The van der Waals surface area contributed by atoms with Crippen molar-refractivity contribution in [1.29, 1.82) is 0 Å². The van der Waals surface area contributed by atoms with Gasteiger partial charge in [0, 0.05) is 0 Å². The molecule has 1 aromatic carbocycles. The molecule has 0 amide bonds. The number of halogens is 2. The average Bonchev–Trinajstić information content (AvgIpc) is 3.17. The van der Waals surface area contributed by atoms with Gasteiger partial charge in [0.05, 0.1) is 0 Å². The second kappa shape index (κ2) is 10.2. The van der Waals surface area contributed by atoms with E-state index in [0.29, 0.717) is 0 Å². The van der Waals surface area contributed by atoms with Crippen molar-refractivity contribution >= 4 is 22.7 Å². The molecule has 2 nitrogen and oxygen atoms in total. The van der Waals surface area contributed by atoms with Gasteiger partial charge in [-0.05, 0) is 0 Å². The Balaban J connectivity index is 0.00000272. The monoisotopic (exact) mass is 599 g/mol. The van der Waals surface area contributed by atoms with E-state index in [1.807, 2.05) is 0 Å². The maximum atomic E-state index is 7.37. The zero-order chi connectivity index (χ0) is 23.5. The molecular formula is C26H39Cl2O2Si2Zr. The van der Waals surface area contributed by atoms with E-state index in [-0.39, 0.29) is 34.9 Å². The van der Waals surface area contributed by atoms with Crippen LogP contribution in [0, 0.1) is 0 Å². The molecule has 33 heavy (non-hydrogen) atoms. The van der Waals surface area contributed by atoms with Gasteiger partial charge in [-0.25, -0.2) is 0 Å². The van der Waals surface area contributed by atoms with Gasteiger partial charge >= 0.3 is 208 Å². The normalized spacial score (nSPS) is 20.5. The fourth-order valence-corrected chi connectivity index (χ4v) is 7.03. The van der Waals surface area contributed by atoms with Crippen LogP contribution in [-0.4, -0.2) is 16.6 Å². The van der Waals surface area contributed by atoms with Gasteiger partial charge in [-0.3, -0.25) is 0 Å². The quantitative estimate of drug-likeness (QED) is 0.482. The standard InChI is InChI=1S/C26H39O2Si2.2ClH.Zr/c1-24(2,3)29(7,8)27-22-17-13-14-20-18-19-26(23(20)22,21-15-11-12-16-21)28-30(9,10)25(4,5)6;;;/h11,13-15,17-19H,12H2,1-10H3;2*1H;/q;;;+2/p-2. The van der Waals surface area contributed by atoms with Crippen LogP contribution in [0.15, 0.2) is 45.3 Å². The number of fused-ring (bicyclic) bond motifs is 1. The van der Waals surface area contributed by atoms with Crippen LogP contribution in [0.25, 0.3) is 6.08 Å². The minimum absolute atomic E-state index is 0. The summed E-state index contributed by atoms with van der Waals surface area (Å²) in [6.45, 7) is 23.2. The van der Waals surface area contributed by atoms with Gasteiger partial charge in [-0.2, -0.15) is 0 Å². The molecule has 0 radical (unpaired) electrons. The number of benzene rings is 1. The van der Waals surface area contributed by atoms with E-state index in [4.69, 9.17) is 8.85 Å². The van der Waals surface area contributed by atoms with Crippen LogP contribution in [0.2, 0.25) is 36.3 Å². The Morgan fingerprint density at radius 2 is 1.45 bits per heavy atom. The molecule has 0 fully saturated rings. The smallest absolute Gasteiger partial charge is 1.00 e. The third-order valence-corrected chi connectivity index (χ3v) is 17.6. The molecule has 1 atom stereocenters. The average molecular weight is 602 g/mol. The van der Waals surface area contributed by atoms with Crippen LogP contribution >= 0.6 is 0 Å². The number of hydrogen-bond donors (Lipinski definition) is 0. The summed E-state index contributed by atoms with van der Waals surface area (Å²) in [5, 5.41) is 0.258. The molecule has 2 aliphatic carbocycles. The SMILES string of the molecule is CC(C)(C)[Si](C)(C)Oc1cccc2c1C(O[Si](C)(C)C(C)(C)C)(C1=[C]([Zr+2])CC=C1)C=C2.[Cl-].[Cl-]. The van der Waals surface area contributed by atoms with E-state index in [2.05, 4.69) is 110 Å². The Labute approximate surface area is 231 Å². The first-order valence-corrected chi connectivity index (χ1v) is 18.4. The Kier molecular flexibility index (Phi) is 9.64. The predicted molar refractivity (Wildman–Crippen MR) is 134 cm³/mol. The van der Waals surface area contributed by atoms with Crippen molar-refractivity contribution in [3.05, 3.63) is 56.4 Å². The number of rotatable bonds is 5. The minimum Gasteiger partial charge on any atom is -1.00 e. The molecule has 0 aliphatic heterocycles. The summed E-state index contributed by atoms with van der Waals surface area (Å²) in [4.78, 5) is 0. The van der Waals surface area contributed by atoms with Crippen molar-refractivity contribution in [2.45, 2.75) is 89.8 Å². The Bertz CT molecular complexity index is 969. The van der Waals surface area contributed by atoms with Gasteiger partial charge in [0.25, 0.3) is 0 Å². The molecule has 3 rings (SSSR count). The van der Waals surface area contributed by atoms with E-state index in [9.17, 15) is 0 Å². The third-order valence-electron chi connectivity index (χ3n) is 7.65. The molecule has 7 heteroatoms. The van der Waals surface area contributed by atoms with Crippen molar-refractivity contribution in [1.82, 2.24) is 0 Å². The predicted octanol–water partition coefficient (Wildman–Crippen LogP) is 2.08. The van der Waals surface area contributed by atoms with Crippen LogP contribution in [-0.2, 0) is 34.7 Å². The summed E-state index contributed by atoms with van der Waals surface area (Å²) in [6.07, 6.45) is 10.2. The maximum absolute atomic E-state index is 7.37. The Morgan fingerprint density at radius 3 is 1.94 bits per heavy atom. The van der Waals surface area contributed by atoms with Crippen LogP contribution in [0.4, 0.5) is 0 Å². The Morgan fingerprint density at radius 1 is 0.879 bits per heavy atom. The first kappa shape index (κ1) is 31.1. The molecule has 0 N–H and O–H groups in total. The molecule has 0 aromatic heterocycles. The zero-order valence-electron chi connectivity index (χ0n) is 21.8. The molecule has 0 heterocycles. The molecule has 181 valence electrons. The van der Waals surface area contributed by atoms with Crippen LogP contribution in [0.5, 0.6) is 5.75 Å². The molecule has 1 unspecified atom stereocenters. The minimum atomic E-state index is -2.08. The maximum Gasteiger partial charge on any atom is -1.00 e. The number of hydrogen-bond acceptors (Lipinski definition) is 2. The summed E-state index contributed by atoms with van der Waals surface area (Å²) < 4.78 is 15.8. The first-order valence-electron chi connectivity index (χ1n) is 11.4. The van der Waals surface area contributed by atoms with Gasteiger partial charge in [-0.1, -0.05) is 0 Å². The van der Waals surface area contributed by atoms with Gasteiger partial charge in [0.1, 0.15) is 0 Å². The molecule has 0 spiro atoms. The van der Waals surface area contributed by atoms with Crippen LogP contribution in [0.1, 0.15) is 59.1 Å². The largest absolute Gasteiger partial charge is 1.00 e. The number of allylic oxidation sites excluding steroid dienone is 2. The van der Waals surface area contributed by atoms with E-state index in [1.165, 1.54) is 44.7 Å². The summed E-state index contributed by atoms with van der Waals surface area (Å²) in [6, 6.07) is 6.51. The summed E-state index contributed by atoms with van der Waals surface area (Å²) in [5.74, 6) is 1.00. The van der Waals surface area contributed by atoms with Crippen molar-refractivity contribution in [3.8, 4) is 5.75 Å². The van der Waals surface area contributed by atoms with Gasteiger partial charge in [0.15, 0.2) is 0 Å². The van der Waals surface area contributed by atoms with Crippen molar-refractivity contribution in [2.24, 2.45) is 0 Å². The van der Waals surface area contributed by atoms with Crippen molar-refractivity contribution in [3.63, 3.8) is 0 Å². The third kappa shape index (κ3) is 5.75.